The normalized spacial score (nSPS) is 34.4. The van der Waals surface area contributed by atoms with Crippen molar-refractivity contribution < 1.29 is 14.0 Å². The third-order valence-electron chi connectivity index (χ3n) is 14.8. The van der Waals surface area contributed by atoms with Gasteiger partial charge in [-0.05, 0) is 111 Å². The molecule has 3 nitrogen and oxygen atoms in total. The summed E-state index contributed by atoms with van der Waals surface area (Å²) < 4.78 is 15.4. The molecule has 0 spiro atoms. The molecule has 0 aliphatic heterocycles. The van der Waals surface area contributed by atoms with Crippen molar-refractivity contribution in [1.82, 2.24) is 0 Å². The summed E-state index contributed by atoms with van der Waals surface area (Å²) in [6.07, 6.45) is 17.8. The predicted octanol–water partition coefficient (Wildman–Crippen LogP) is 11.9. The van der Waals surface area contributed by atoms with E-state index in [1.807, 2.05) is 0 Å². The van der Waals surface area contributed by atoms with Crippen LogP contribution in [-0.2, 0) is 8.85 Å². The SMILES string of the molecule is CCC1=CC[C@H]2C3=CC=C4C[C@@](CCC(O)(CC)CC)(O[Si](C)(C)C(C)(C)C)C[C@H](O[Si](C)(C)C(C)(C)C)[C@]4(C)[C@H]3CC[C@]12C. The van der Waals surface area contributed by atoms with Crippen molar-refractivity contribution in [2.75, 3.05) is 0 Å². The lowest BCUT2D eigenvalue weighted by molar-refractivity contribution is -0.0953. The van der Waals surface area contributed by atoms with Crippen LogP contribution in [0, 0.1) is 22.7 Å². The van der Waals surface area contributed by atoms with E-state index in [-0.39, 0.29) is 27.2 Å². The van der Waals surface area contributed by atoms with Gasteiger partial charge in [-0.2, -0.15) is 0 Å². The molecule has 4 aliphatic rings. The molecule has 0 amide bonds. The van der Waals surface area contributed by atoms with Gasteiger partial charge in [0, 0.05) is 11.8 Å². The van der Waals surface area contributed by atoms with Crippen LogP contribution in [0.15, 0.2) is 34.9 Å². The zero-order chi connectivity index (χ0) is 34.1. The number of hydrogen-bond donors (Lipinski definition) is 1. The Bertz CT molecular complexity index is 1190. The molecule has 0 saturated heterocycles. The maximum Gasteiger partial charge on any atom is 0.192 e. The van der Waals surface area contributed by atoms with Crippen molar-refractivity contribution in [3.63, 3.8) is 0 Å². The highest BCUT2D eigenvalue weighted by Gasteiger charge is 2.62. The zero-order valence-corrected chi connectivity index (χ0v) is 34.3. The Morgan fingerprint density at radius 1 is 0.889 bits per heavy atom. The van der Waals surface area contributed by atoms with E-state index in [0.717, 1.165) is 38.5 Å². The smallest absolute Gasteiger partial charge is 0.192 e. The molecule has 0 heterocycles. The topological polar surface area (TPSA) is 38.7 Å². The first-order valence-corrected chi connectivity index (χ1v) is 24.5. The van der Waals surface area contributed by atoms with Gasteiger partial charge in [0.05, 0.1) is 17.3 Å². The van der Waals surface area contributed by atoms with Gasteiger partial charge in [-0.25, -0.2) is 0 Å². The van der Waals surface area contributed by atoms with Crippen LogP contribution in [0.25, 0.3) is 0 Å². The molecular weight excluding hydrogens is 585 g/mol. The van der Waals surface area contributed by atoms with E-state index in [2.05, 4.69) is 121 Å². The highest BCUT2D eigenvalue weighted by atomic mass is 28.4. The Morgan fingerprint density at radius 2 is 1.49 bits per heavy atom. The molecule has 4 rings (SSSR count). The quantitative estimate of drug-likeness (QED) is 0.188. The van der Waals surface area contributed by atoms with Gasteiger partial charge in [-0.15, -0.1) is 0 Å². The van der Waals surface area contributed by atoms with Crippen molar-refractivity contribution in [3.8, 4) is 0 Å². The molecule has 2 fully saturated rings. The Balaban J connectivity index is 1.87. The standard InChI is InChI=1S/C40H72O3Si2/c1-16-29-20-22-32-31-21-19-30-27-40(26-25-39(41,17-2)18-3,43-45(14,15)36(7,8)9)28-34(42-44(12,13)35(4,5)6)38(30,11)33(31)23-24-37(29,32)10/h19-21,32-34,41H,16-18,22-28H2,1-15H3/t32-,33-,34-,37+,38-,40+/m0/s1. The van der Waals surface area contributed by atoms with E-state index in [9.17, 15) is 5.11 Å². The Kier molecular flexibility index (Phi) is 10.1. The van der Waals surface area contributed by atoms with E-state index in [0.29, 0.717) is 17.3 Å². The molecule has 0 bridgehead atoms. The van der Waals surface area contributed by atoms with Crippen LogP contribution in [0.1, 0.15) is 140 Å². The van der Waals surface area contributed by atoms with E-state index < -0.39 is 22.2 Å². The molecule has 4 aliphatic carbocycles. The summed E-state index contributed by atoms with van der Waals surface area (Å²) in [5, 5.41) is 11.8. The maximum absolute atomic E-state index is 11.6. The first kappa shape index (κ1) is 37.4. The first-order valence-electron chi connectivity index (χ1n) is 18.7. The van der Waals surface area contributed by atoms with Gasteiger partial charge in [0.15, 0.2) is 16.6 Å². The van der Waals surface area contributed by atoms with Crippen molar-refractivity contribution in [1.29, 1.82) is 0 Å². The highest BCUT2D eigenvalue weighted by Crippen LogP contribution is 2.66. The van der Waals surface area contributed by atoms with Crippen LogP contribution in [-0.4, -0.2) is 39.0 Å². The molecule has 258 valence electrons. The summed E-state index contributed by atoms with van der Waals surface area (Å²) >= 11 is 0. The summed E-state index contributed by atoms with van der Waals surface area (Å²) in [6.45, 7) is 35.8. The summed E-state index contributed by atoms with van der Waals surface area (Å²) in [4.78, 5) is 0. The molecule has 1 N–H and O–H groups in total. The number of aliphatic hydroxyl groups is 1. The van der Waals surface area contributed by atoms with E-state index in [1.165, 1.54) is 25.7 Å². The summed E-state index contributed by atoms with van der Waals surface area (Å²) in [5.74, 6) is 1.14. The van der Waals surface area contributed by atoms with Gasteiger partial charge in [-0.3, -0.25) is 0 Å². The lowest BCUT2D eigenvalue weighted by Crippen LogP contribution is -2.62. The van der Waals surface area contributed by atoms with Crippen molar-refractivity contribution >= 4 is 16.6 Å². The maximum atomic E-state index is 11.6. The third kappa shape index (κ3) is 6.49. The van der Waals surface area contributed by atoms with Gasteiger partial charge in [0.1, 0.15) is 0 Å². The summed E-state index contributed by atoms with van der Waals surface area (Å²) in [6, 6.07) is 0. The number of fused-ring (bicyclic) bond motifs is 5. The fourth-order valence-corrected chi connectivity index (χ4v) is 12.2. The van der Waals surface area contributed by atoms with E-state index in [4.69, 9.17) is 8.85 Å². The molecule has 0 aromatic carbocycles. The van der Waals surface area contributed by atoms with Crippen molar-refractivity contribution in [3.05, 3.63) is 34.9 Å². The predicted molar refractivity (Wildman–Crippen MR) is 199 cm³/mol. The zero-order valence-electron chi connectivity index (χ0n) is 32.3. The van der Waals surface area contributed by atoms with Gasteiger partial charge in [0.2, 0.25) is 0 Å². The molecule has 6 atom stereocenters. The molecular formula is C40H72O3Si2. The second-order valence-electron chi connectivity index (χ2n) is 19.2. The number of rotatable bonds is 10. The number of hydrogen-bond acceptors (Lipinski definition) is 3. The monoisotopic (exact) mass is 657 g/mol. The first-order chi connectivity index (χ1) is 20.4. The van der Waals surface area contributed by atoms with Gasteiger partial charge in [0.25, 0.3) is 0 Å². The number of allylic oxidation sites excluding steroid dienone is 5. The average Bonchev–Trinajstić information content (AvgIpc) is 3.27. The van der Waals surface area contributed by atoms with Crippen LogP contribution in [0.2, 0.25) is 36.3 Å². The fourth-order valence-electron chi connectivity index (χ4n) is 9.12. The highest BCUT2D eigenvalue weighted by molar-refractivity contribution is 6.74. The van der Waals surface area contributed by atoms with Crippen LogP contribution in [0.5, 0.6) is 0 Å². The van der Waals surface area contributed by atoms with Crippen LogP contribution in [0.4, 0.5) is 0 Å². The van der Waals surface area contributed by atoms with Crippen LogP contribution < -0.4 is 0 Å². The largest absolute Gasteiger partial charge is 0.413 e. The minimum Gasteiger partial charge on any atom is -0.413 e. The molecule has 5 heteroatoms. The summed E-state index contributed by atoms with van der Waals surface area (Å²) in [5.41, 5.74) is 4.22. The Morgan fingerprint density at radius 3 is 2.02 bits per heavy atom. The molecule has 2 saturated carbocycles. The fraction of sp³-hybridized carbons (Fsp3) is 0.850. The van der Waals surface area contributed by atoms with Crippen LogP contribution >= 0.6 is 0 Å². The minimum absolute atomic E-state index is 0.0397. The molecule has 0 radical (unpaired) electrons. The Hall–Kier alpha value is -0.466. The van der Waals surface area contributed by atoms with Crippen molar-refractivity contribution in [2.24, 2.45) is 22.7 Å². The summed E-state index contributed by atoms with van der Waals surface area (Å²) in [7, 11) is -4.25. The molecule has 0 aromatic rings. The van der Waals surface area contributed by atoms with Crippen molar-refractivity contribution in [2.45, 2.75) is 194 Å². The van der Waals surface area contributed by atoms with E-state index >= 15 is 0 Å². The van der Waals surface area contributed by atoms with Crippen LogP contribution in [0.3, 0.4) is 0 Å². The average molecular weight is 657 g/mol. The second-order valence-corrected chi connectivity index (χ2v) is 28.7. The minimum atomic E-state index is -2.14. The lowest BCUT2D eigenvalue weighted by atomic mass is 9.48. The molecule has 45 heavy (non-hydrogen) atoms. The molecule has 0 aromatic heterocycles. The van der Waals surface area contributed by atoms with Gasteiger partial charge < -0.3 is 14.0 Å². The van der Waals surface area contributed by atoms with Gasteiger partial charge >= 0.3 is 0 Å². The van der Waals surface area contributed by atoms with Gasteiger partial charge in [-0.1, -0.05) is 111 Å². The third-order valence-corrected chi connectivity index (χ3v) is 23.8. The van der Waals surface area contributed by atoms with E-state index in [1.54, 1.807) is 16.7 Å². The molecule has 0 unspecified atom stereocenters. The Labute approximate surface area is 281 Å². The lowest BCUT2D eigenvalue weighted by Gasteiger charge is -2.62. The second kappa shape index (κ2) is 12.1.